The Morgan fingerprint density at radius 1 is 1.50 bits per heavy atom. The quantitative estimate of drug-likeness (QED) is 0.561. The molecule has 9 heteroatoms. The third kappa shape index (κ3) is 3.57. The van der Waals surface area contributed by atoms with Gasteiger partial charge in [-0.3, -0.25) is 0 Å². The highest BCUT2D eigenvalue weighted by molar-refractivity contribution is 7.91. The van der Waals surface area contributed by atoms with E-state index >= 15 is 0 Å². The lowest BCUT2D eigenvalue weighted by Crippen LogP contribution is -2.51. The van der Waals surface area contributed by atoms with Gasteiger partial charge in [-0.1, -0.05) is 0 Å². The zero-order chi connectivity index (χ0) is 13.9. The molecule has 0 aliphatic carbocycles. The summed E-state index contributed by atoms with van der Waals surface area (Å²) < 4.78 is 22.5. The molecule has 0 aromatic carbocycles. The van der Waals surface area contributed by atoms with Crippen LogP contribution in [0.5, 0.6) is 0 Å². The number of hydrogen-bond donors (Lipinski definition) is 3. The number of hydrogen-bond acceptors (Lipinski definition) is 5. The molecule has 8 nitrogen and oxygen atoms in total. The SMILES string of the molecule is CN(C(=O)N[C@@H](CO)C(=O)O)C1CCS(=O)(=O)C1. The van der Waals surface area contributed by atoms with Gasteiger partial charge in [-0.2, -0.15) is 0 Å². The van der Waals surface area contributed by atoms with Gasteiger partial charge in [-0.05, 0) is 6.42 Å². The van der Waals surface area contributed by atoms with Crippen LogP contribution in [0.1, 0.15) is 6.42 Å². The second-order valence-electron chi connectivity index (χ2n) is 4.19. The Labute approximate surface area is 104 Å². The van der Waals surface area contributed by atoms with E-state index in [0.717, 1.165) is 4.90 Å². The third-order valence-electron chi connectivity index (χ3n) is 2.85. The Bertz CT molecular complexity index is 434. The molecule has 3 N–H and O–H groups in total. The van der Waals surface area contributed by atoms with E-state index in [0.29, 0.717) is 6.42 Å². The number of nitrogens with zero attached hydrogens (tertiary/aromatic N) is 1. The van der Waals surface area contributed by atoms with Gasteiger partial charge >= 0.3 is 12.0 Å². The monoisotopic (exact) mass is 280 g/mol. The minimum Gasteiger partial charge on any atom is -0.480 e. The molecule has 1 unspecified atom stereocenters. The Kier molecular flexibility index (Phi) is 4.52. The number of carbonyl (C=O) groups excluding carboxylic acids is 1. The maximum atomic E-state index is 11.7. The van der Waals surface area contributed by atoms with Crippen LogP contribution in [-0.4, -0.2) is 72.8 Å². The van der Waals surface area contributed by atoms with Gasteiger partial charge in [0.15, 0.2) is 15.9 Å². The summed E-state index contributed by atoms with van der Waals surface area (Å²) in [5, 5.41) is 19.5. The van der Waals surface area contributed by atoms with Crippen molar-refractivity contribution in [1.29, 1.82) is 0 Å². The van der Waals surface area contributed by atoms with Crippen LogP contribution in [0.2, 0.25) is 0 Å². The fourth-order valence-electron chi connectivity index (χ4n) is 1.68. The van der Waals surface area contributed by atoms with Crippen molar-refractivity contribution < 1.29 is 28.2 Å². The topological polar surface area (TPSA) is 124 Å². The van der Waals surface area contributed by atoms with Crippen LogP contribution < -0.4 is 5.32 Å². The number of aliphatic carboxylic acids is 1. The molecule has 1 aliphatic heterocycles. The third-order valence-corrected chi connectivity index (χ3v) is 4.61. The molecular formula is C9H16N2O6S. The van der Waals surface area contributed by atoms with Crippen LogP contribution in [0.25, 0.3) is 0 Å². The molecule has 0 saturated carbocycles. The first-order chi connectivity index (χ1) is 8.26. The molecule has 1 heterocycles. The first kappa shape index (κ1) is 14.7. The molecule has 0 aromatic heterocycles. The van der Waals surface area contributed by atoms with E-state index in [1.165, 1.54) is 7.05 Å². The van der Waals surface area contributed by atoms with Crippen molar-refractivity contribution in [2.24, 2.45) is 0 Å². The Morgan fingerprint density at radius 2 is 2.11 bits per heavy atom. The Balaban J connectivity index is 2.59. The number of carboxylic acids is 1. The minimum atomic E-state index is -3.11. The van der Waals surface area contributed by atoms with E-state index in [4.69, 9.17) is 10.2 Å². The Morgan fingerprint density at radius 3 is 2.50 bits per heavy atom. The summed E-state index contributed by atoms with van der Waals surface area (Å²) >= 11 is 0. The fraction of sp³-hybridized carbons (Fsp3) is 0.778. The lowest BCUT2D eigenvalue weighted by molar-refractivity contribution is -0.140. The highest BCUT2D eigenvalue weighted by atomic mass is 32.2. The minimum absolute atomic E-state index is 0.0254. The van der Waals surface area contributed by atoms with Crippen LogP contribution in [0, 0.1) is 0 Å². The van der Waals surface area contributed by atoms with Crippen LogP contribution in [-0.2, 0) is 14.6 Å². The molecule has 18 heavy (non-hydrogen) atoms. The van der Waals surface area contributed by atoms with Gasteiger partial charge in [0.25, 0.3) is 0 Å². The van der Waals surface area contributed by atoms with Gasteiger partial charge in [0.2, 0.25) is 0 Å². The van der Waals surface area contributed by atoms with Crippen LogP contribution in [0.4, 0.5) is 4.79 Å². The molecule has 1 aliphatic rings. The average Bonchev–Trinajstić information content (AvgIpc) is 2.64. The molecule has 0 aromatic rings. The zero-order valence-corrected chi connectivity index (χ0v) is 10.7. The normalized spacial score (nSPS) is 23.3. The molecule has 1 fully saturated rings. The van der Waals surface area contributed by atoms with Crippen LogP contribution >= 0.6 is 0 Å². The molecule has 0 bridgehead atoms. The van der Waals surface area contributed by atoms with E-state index in [1.807, 2.05) is 0 Å². The van der Waals surface area contributed by atoms with Crippen molar-refractivity contribution in [3.05, 3.63) is 0 Å². The maximum absolute atomic E-state index is 11.7. The number of aliphatic hydroxyl groups is 1. The molecule has 1 rings (SSSR count). The number of carboxylic acid groups (broad SMARTS) is 1. The smallest absolute Gasteiger partial charge is 0.328 e. The number of amides is 2. The molecule has 104 valence electrons. The summed E-state index contributed by atoms with van der Waals surface area (Å²) in [6.45, 7) is -0.724. The van der Waals surface area contributed by atoms with Crippen LogP contribution in [0.3, 0.4) is 0 Å². The summed E-state index contributed by atoms with van der Waals surface area (Å²) in [6, 6.07) is -2.56. The van der Waals surface area contributed by atoms with Gasteiger partial charge in [-0.15, -0.1) is 0 Å². The first-order valence-corrected chi connectivity index (χ1v) is 7.16. The molecule has 0 spiro atoms. The lowest BCUT2D eigenvalue weighted by Gasteiger charge is -2.25. The molecule has 0 radical (unpaired) electrons. The van der Waals surface area contributed by atoms with Crippen LogP contribution in [0.15, 0.2) is 0 Å². The van der Waals surface area contributed by atoms with Gasteiger partial charge in [0, 0.05) is 13.1 Å². The first-order valence-electron chi connectivity index (χ1n) is 5.34. The summed E-state index contributed by atoms with van der Waals surface area (Å²) in [6.07, 6.45) is 0.336. The molecule has 2 atom stereocenters. The second kappa shape index (κ2) is 5.53. The standard InChI is InChI=1S/C9H16N2O6S/c1-11(6-2-3-18(16,17)5-6)9(15)10-7(4-12)8(13)14/h6-7,12H,2-5H2,1H3,(H,10,15)(H,13,14)/t6?,7-/m0/s1. The summed E-state index contributed by atoms with van der Waals surface area (Å²) in [5.41, 5.74) is 0. The van der Waals surface area contributed by atoms with Crippen molar-refractivity contribution >= 4 is 21.8 Å². The van der Waals surface area contributed by atoms with Gasteiger partial charge < -0.3 is 20.4 Å². The largest absolute Gasteiger partial charge is 0.480 e. The number of sulfone groups is 1. The lowest BCUT2D eigenvalue weighted by atomic mass is 10.2. The molecule has 1 saturated heterocycles. The van der Waals surface area contributed by atoms with E-state index in [1.54, 1.807) is 0 Å². The number of rotatable bonds is 4. The number of aliphatic hydroxyl groups excluding tert-OH is 1. The van der Waals surface area contributed by atoms with Gasteiger partial charge in [0.1, 0.15) is 0 Å². The second-order valence-corrected chi connectivity index (χ2v) is 6.42. The van der Waals surface area contributed by atoms with Crippen molar-refractivity contribution in [2.45, 2.75) is 18.5 Å². The zero-order valence-electron chi connectivity index (χ0n) is 9.87. The van der Waals surface area contributed by atoms with E-state index < -0.39 is 40.5 Å². The van der Waals surface area contributed by atoms with Crippen molar-refractivity contribution in [3.8, 4) is 0 Å². The molecule has 2 amide bonds. The summed E-state index contributed by atoms with van der Waals surface area (Å²) in [4.78, 5) is 23.4. The highest BCUT2D eigenvalue weighted by Gasteiger charge is 2.33. The van der Waals surface area contributed by atoms with Crippen molar-refractivity contribution in [3.63, 3.8) is 0 Å². The predicted octanol–water partition coefficient (Wildman–Crippen LogP) is -1.74. The van der Waals surface area contributed by atoms with Crippen molar-refractivity contribution in [1.82, 2.24) is 10.2 Å². The number of urea groups is 1. The molecular weight excluding hydrogens is 264 g/mol. The van der Waals surface area contributed by atoms with Gasteiger partial charge in [0.05, 0.1) is 18.1 Å². The Hall–Kier alpha value is -1.35. The average molecular weight is 280 g/mol. The summed E-state index contributed by atoms with van der Waals surface area (Å²) in [5.74, 6) is -1.44. The highest BCUT2D eigenvalue weighted by Crippen LogP contribution is 2.16. The maximum Gasteiger partial charge on any atom is 0.328 e. The van der Waals surface area contributed by atoms with E-state index in [-0.39, 0.29) is 11.5 Å². The number of carbonyl (C=O) groups is 2. The summed E-state index contributed by atoms with van der Waals surface area (Å²) in [7, 11) is -1.71. The fourth-order valence-corrected chi connectivity index (χ4v) is 3.46. The van der Waals surface area contributed by atoms with E-state index in [2.05, 4.69) is 5.32 Å². The predicted molar refractivity (Wildman–Crippen MR) is 61.9 cm³/mol. The van der Waals surface area contributed by atoms with Gasteiger partial charge in [-0.25, -0.2) is 18.0 Å². The van der Waals surface area contributed by atoms with E-state index in [9.17, 15) is 18.0 Å². The number of nitrogens with one attached hydrogen (secondary N) is 1. The van der Waals surface area contributed by atoms with Crippen molar-refractivity contribution in [2.75, 3.05) is 25.2 Å².